The molecule has 84 valence electrons. The number of fused-ring (bicyclic) bond motifs is 1. The smallest absolute Gasteiger partial charge is 0.335 e. The summed E-state index contributed by atoms with van der Waals surface area (Å²) in [5.41, 5.74) is 2.69. The average Bonchev–Trinajstić information content (AvgIpc) is 2.68. The molecule has 0 spiro atoms. The molecule has 0 bridgehead atoms. The Morgan fingerprint density at radius 2 is 2.38 bits per heavy atom. The van der Waals surface area contributed by atoms with Gasteiger partial charge in [0.2, 0.25) is 0 Å². The van der Waals surface area contributed by atoms with Gasteiger partial charge in [0.05, 0.1) is 5.56 Å². The zero-order chi connectivity index (χ0) is 11.5. The summed E-state index contributed by atoms with van der Waals surface area (Å²) in [5.74, 6) is -0.852. The van der Waals surface area contributed by atoms with E-state index >= 15 is 0 Å². The predicted molar refractivity (Wildman–Crippen MR) is 64.1 cm³/mol. The van der Waals surface area contributed by atoms with Crippen LogP contribution in [0.4, 0.5) is 5.69 Å². The molecule has 0 atom stereocenters. The summed E-state index contributed by atoms with van der Waals surface area (Å²) in [6, 6.07) is 5.37. The van der Waals surface area contributed by atoms with Crippen LogP contribution < -0.4 is 4.90 Å². The summed E-state index contributed by atoms with van der Waals surface area (Å²) in [6.45, 7) is 3.88. The molecule has 0 radical (unpaired) electrons. The summed E-state index contributed by atoms with van der Waals surface area (Å²) in [7, 11) is 0. The maximum atomic E-state index is 10.8. The van der Waals surface area contributed by atoms with Gasteiger partial charge in [-0.3, -0.25) is 0 Å². The van der Waals surface area contributed by atoms with E-state index in [1.165, 1.54) is 5.69 Å². The SMILES string of the molecule is C/C=C/CN1CCc2cc(C(=O)O)ccc21. The summed E-state index contributed by atoms with van der Waals surface area (Å²) < 4.78 is 0. The largest absolute Gasteiger partial charge is 0.478 e. The number of hydrogen-bond donors (Lipinski definition) is 1. The molecular formula is C13H15NO2. The molecule has 3 nitrogen and oxygen atoms in total. The van der Waals surface area contributed by atoms with Gasteiger partial charge >= 0.3 is 5.97 Å². The maximum Gasteiger partial charge on any atom is 0.335 e. The minimum absolute atomic E-state index is 0.381. The first kappa shape index (κ1) is 10.7. The van der Waals surface area contributed by atoms with E-state index in [1.807, 2.05) is 19.1 Å². The van der Waals surface area contributed by atoms with E-state index in [0.717, 1.165) is 25.1 Å². The molecule has 1 aromatic carbocycles. The third kappa shape index (κ3) is 1.94. The van der Waals surface area contributed by atoms with Crippen LogP contribution in [0.2, 0.25) is 0 Å². The van der Waals surface area contributed by atoms with Crippen molar-refractivity contribution in [2.45, 2.75) is 13.3 Å². The summed E-state index contributed by atoms with van der Waals surface area (Å²) in [5, 5.41) is 8.90. The Morgan fingerprint density at radius 3 is 3.06 bits per heavy atom. The molecule has 1 aromatic rings. The van der Waals surface area contributed by atoms with Crippen molar-refractivity contribution in [3.05, 3.63) is 41.5 Å². The van der Waals surface area contributed by atoms with Crippen molar-refractivity contribution >= 4 is 11.7 Å². The molecule has 1 aliphatic heterocycles. The number of carbonyl (C=O) groups is 1. The maximum absolute atomic E-state index is 10.8. The lowest BCUT2D eigenvalue weighted by molar-refractivity contribution is 0.0697. The molecular weight excluding hydrogens is 202 g/mol. The molecule has 0 saturated carbocycles. The van der Waals surface area contributed by atoms with Gasteiger partial charge in [0.25, 0.3) is 0 Å². The highest BCUT2D eigenvalue weighted by atomic mass is 16.4. The summed E-state index contributed by atoms with van der Waals surface area (Å²) in [6.07, 6.45) is 5.08. The third-order valence-electron chi connectivity index (χ3n) is 2.88. The first-order chi connectivity index (χ1) is 7.72. The molecule has 0 aliphatic carbocycles. The van der Waals surface area contributed by atoms with Gasteiger partial charge in [-0.2, -0.15) is 0 Å². The molecule has 0 fully saturated rings. The van der Waals surface area contributed by atoms with Gasteiger partial charge in [-0.15, -0.1) is 0 Å². The fourth-order valence-electron chi connectivity index (χ4n) is 2.03. The van der Waals surface area contributed by atoms with Crippen LogP contribution in [0.3, 0.4) is 0 Å². The molecule has 2 rings (SSSR count). The van der Waals surface area contributed by atoms with Crippen molar-refractivity contribution in [1.82, 2.24) is 0 Å². The van der Waals surface area contributed by atoms with Crippen molar-refractivity contribution < 1.29 is 9.90 Å². The molecule has 3 heteroatoms. The lowest BCUT2D eigenvalue weighted by Crippen LogP contribution is -2.19. The Morgan fingerprint density at radius 1 is 1.56 bits per heavy atom. The van der Waals surface area contributed by atoms with Crippen LogP contribution in [0.15, 0.2) is 30.4 Å². The van der Waals surface area contributed by atoms with Crippen molar-refractivity contribution in [3.63, 3.8) is 0 Å². The quantitative estimate of drug-likeness (QED) is 0.790. The number of allylic oxidation sites excluding steroid dienone is 1. The molecule has 0 aromatic heterocycles. The highest BCUT2D eigenvalue weighted by molar-refractivity contribution is 5.88. The second-order valence-corrected chi connectivity index (χ2v) is 3.91. The zero-order valence-electron chi connectivity index (χ0n) is 9.31. The Balaban J connectivity index is 2.25. The molecule has 0 saturated heterocycles. The third-order valence-corrected chi connectivity index (χ3v) is 2.88. The van der Waals surface area contributed by atoms with Crippen LogP contribution in [0.1, 0.15) is 22.8 Å². The van der Waals surface area contributed by atoms with Gasteiger partial charge in [-0.05, 0) is 37.1 Å². The fourth-order valence-corrected chi connectivity index (χ4v) is 2.03. The van der Waals surface area contributed by atoms with Crippen molar-refractivity contribution in [3.8, 4) is 0 Å². The number of carboxylic acid groups (broad SMARTS) is 1. The topological polar surface area (TPSA) is 40.5 Å². The Labute approximate surface area is 95.0 Å². The normalized spacial score (nSPS) is 14.4. The van der Waals surface area contributed by atoms with Crippen LogP contribution in [-0.4, -0.2) is 24.2 Å². The first-order valence-corrected chi connectivity index (χ1v) is 5.44. The lowest BCUT2D eigenvalue weighted by Gasteiger charge is -2.16. The molecule has 0 amide bonds. The first-order valence-electron chi connectivity index (χ1n) is 5.44. The van der Waals surface area contributed by atoms with Crippen LogP contribution in [0, 0.1) is 0 Å². The number of nitrogens with zero attached hydrogens (tertiary/aromatic N) is 1. The summed E-state index contributed by atoms with van der Waals surface area (Å²) in [4.78, 5) is 13.1. The Kier molecular flexibility index (Phi) is 2.95. The predicted octanol–water partition coefficient (Wildman–Crippen LogP) is 2.32. The van der Waals surface area contributed by atoms with E-state index in [4.69, 9.17) is 5.11 Å². The van der Waals surface area contributed by atoms with Crippen LogP contribution >= 0.6 is 0 Å². The number of aromatic carboxylic acids is 1. The number of benzene rings is 1. The lowest BCUT2D eigenvalue weighted by atomic mass is 10.1. The van der Waals surface area contributed by atoms with E-state index < -0.39 is 5.97 Å². The van der Waals surface area contributed by atoms with Gasteiger partial charge in [0, 0.05) is 18.8 Å². The van der Waals surface area contributed by atoms with Gasteiger partial charge in [-0.25, -0.2) is 4.79 Å². The van der Waals surface area contributed by atoms with E-state index in [1.54, 1.807) is 12.1 Å². The fraction of sp³-hybridized carbons (Fsp3) is 0.308. The van der Waals surface area contributed by atoms with Gasteiger partial charge < -0.3 is 10.0 Å². The number of rotatable bonds is 3. The molecule has 1 heterocycles. The van der Waals surface area contributed by atoms with E-state index in [0.29, 0.717) is 5.56 Å². The van der Waals surface area contributed by atoms with Gasteiger partial charge in [0.15, 0.2) is 0 Å². The van der Waals surface area contributed by atoms with Gasteiger partial charge in [-0.1, -0.05) is 12.2 Å². The van der Waals surface area contributed by atoms with Crippen LogP contribution in [0.25, 0.3) is 0 Å². The average molecular weight is 217 g/mol. The van der Waals surface area contributed by atoms with E-state index in [2.05, 4.69) is 11.0 Å². The van der Waals surface area contributed by atoms with Crippen molar-refractivity contribution in [2.24, 2.45) is 0 Å². The van der Waals surface area contributed by atoms with Crippen molar-refractivity contribution in [2.75, 3.05) is 18.0 Å². The standard InChI is InChI=1S/C13H15NO2/c1-2-3-7-14-8-6-10-9-11(13(15)16)4-5-12(10)14/h2-5,9H,6-8H2,1H3,(H,15,16)/b3-2+. The van der Waals surface area contributed by atoms with Gasteiger partial charge in [0.1, 0.15) is 0 Å². The zero-order valence-corrected chi connectivity index (χ0v) is 9.31. The highest BCUT2D eigenvalue weighted by Gasteiger charge is 2.19. The van der Waals surface area contributed by atoms with Crippen molar-refractivity contribution in [1.29, 1.82) is 0 Å². The minimum Gasteiger partial charge on any atom is -0.478 e. The molecule has 1 N–H and O–H groups in total. The monoisotopic (exact) mass is 217 g/mol. The molecule has 0 unspecified atom stereocenters. The Bertz CT molecular complexity index is 438. The number of carboxylic acids is 1. The molecule has 1 aliphatic rings. The second kappa shape index (κ2) is 4.39. The second-order valence-electron chi connectivity index (χ2n) is 3.91. The Hall–Kier alpha value is -1.77. The number of hydrogen-bond acceptors (Lipinski definition) is 2. The van der Waals surface area contributed by atoms with E-state index in [-0.39, 0.29) is 0 Å². The van der Waals surface area contributed by atoms with Crippen LogP contribution in [-0.2, 0) is 6.42 Å². The minimum atomic E-state index is -0.852. The van der Waals surface area contributed by atoms with Crippen LogP contribution in [0.5, 0.6) is 0 Å². The number of anilines is 1. The van der Waals surface area contributed by atoms with E-state index in [9.17, 15) is 4.79 Å². The molecule has 16 heavy (non-hydrogen) atoms. The highest BCUT2D eigenvalue weighted by Crippen LogP contribution is 2.28. The summed E-state index contributed by atoms with van der Waals surface area (Å²) >= 11 is 0.